The molecule has 0 aromatic heterocycles. The number of anilines is 1. The molecule has 0 saturated carbocycles. The Hall–Kier alpha value is -2.14. The number of carbonyl (C=O) groups is 1. The maximum absolute atomic E-state index is 13.2. The Bertz CT molecular complexity index is 853. The Morgan fingerprint density at radius 2 is 1.59 bits per heavy atom. The number of rotatable bonds is 8. The van der Waals surface area contributed by atoms with E-state index in [1.54, 1.807) is 36.4 Å². The Kier molecular flexibility index (Phi) is 7.19. The zero-order valence-electron chi connectivity index (χ0n) is 16.6. The highest BCUT2D eigenvalue weighted by molar-refractivity contribution is 7.93. The molecule has 0 atom stereocenters. The van der Waals surface area contributed by atoms with E-state index in [-0.39, 0.29) is 17.2 Å². The highest BCUT2D eigenvalue weighted by Crippen LogP contribution is 2.26. The van der Waals surface area contributed by atoms with E-state index in [9.17, 15) is 13.2 Å². The summed E-state index contributed by atoms with van der Waals surface area (Å²) >= 11 is 0. The fourth-order valence-electron chi connectivity index (χ4n) is 2.84. The lowest BCUT2D eigenvalue weighted by atomic mass is 10.1. The van der Waals surface area contributed by atoms with Crippen molar-refractivity contribution in [2.75, 3.05) is 4.31 Å². The second kappa shape index (κ2) is 9.18. The van der Waals surface area contributed by atoms with Gasteiger partial charge in [0.1, 0.15) is 0 Å². The number of benzene rings is 2. The van der Waals surface area contributed by atoms with Gasteiger partial charge in [0.15, 0.2) is 0 Å². The monoisotopic (exact) mass is 387 g/mol. The first-order valence-electron chi connectivity index (χ1n) is 9.49. The Morgan fingerprint density at radius 1 is 1.00 bits per heavy atom. The predicted molar refractivity (Wildman–Crippen MR) is 110 cm³/mol. The highest BCUT2D eigenvalue weighted by Gasteiger charge is 2.31. The van der Waals surface area contributed by atoms with Gasteiger partial charge in [-0.3, -0.25) is 4.79 Å². The predicted octanol–water partition coefficient (Wildman–Crippen LogP) is 5.11. The Labute approximate surface area is 163 Å². The smallest absolute Gasteiger partial charge is 0.270 e. The third kappa shape index (κ3) is 5.42. The number of hydrogen-bond donors (Lipinski definition) is 0. The van der Waals surface area contributed by atoms with Crippen molar-refractivity contribution in [3.8, 4) is 0 Å². The summed E-state index contributed by atoms with van der Waals surface area (Å²) in [5.74, 6) is -0.344. The zero-order valence-corrected chi connectivity index (χ0v) is 17.4. The van der Waals surface area contributed by atoms with E-state index in [0.717, 1.165) is 34.7 Å². The number of hydrogen-bond acceptors (Lipinski definition) is 3. The maximum Gasteiger partial charge on any atom is 0.270 e. The lowest BCUT2D eigenvalue weighted by Crippen LogP contribution is -2.37. The van der Waals surface area contributed by atoms with E-state index in [4.69, 9.17) is 0 Å². The summed E-state index contributed by atoms with van der Waals surface area (Å²) in [6.45, 7) is 7.84. The molecule has 0 heterocycles. The van der Waals surface area contributed by atoms with E-state index >= 15 is 0 Å². The van der Waals surface area contributed by atoms with Crippen molar-refractivity contribution in [2.24, 2.45) is 5.92 Å². The summed E-state index contributed by atoms with van der Waals surface area (Å²) in [4.78, 5) is 13.0. The first kappa shape index (κ1) is 21.2. The Balaban J connectivity index is 2.45. The molecule has 0 N–H and O–H groups in total. The fourth-order valence-corrected chi connectivity index (χ4v) is 4.28. The van der Waals surface area contributed by atoms with Crippen molar-refractivity contribution in [3.05, 3.63) is 59.7 Å². The Morgan fingerprint density at radius 3 is 2.11 bits per heavy atom. The molecule has 1 amide bonds. The molecule has 2 aromatic rings. The van der Waals surface area contributed by atoms with Crippen molar-refractivity contribution in [2.45, 2.75) is 58.3 Å². The van der Waals surface area contributed by atoms with Gasteiger partial charge in [0.2, 0.25) is 5.91 Å². The third-order valence-corrected chi connectivity index (χ3v) is 6.12. The lowest BCUT2D eigenvalue weighted by molar-refractivity contribution is -0.118. The molecular weight excluding hydrogens is 358 g/mol. The summed E-state index contributed by atoms with van der Waals surface area (Å²) < 4.78 is 27.4. The fraction of sp³-hybridized carbons (Fsp3) is 0.409. The van der Waals surface area contributed by atoms with Crippen LogP contribution in [0, 0.1) is 12.8 Å². The standard InChI is InChI=1S/C22H29NO3S/c1-5-6-7-19-10-12-20(13-11-19)23(22(24)16-17(2)3)27(25,26)21-14-8-18(4)9-15-21/h8-15,17H,5-7,16H2,1-4H3. The van der Waals surface area contributed by atoms with Crippen LogP contribution in [0.25, 0.3) is 0 Å². The molecule has 0 spiro atoms. The second-order valence-corrected chi connectivity index (χ2v) is 9.13. The number of carbonyl (C=O) groups excluding carboxylic acids is 1. The molecule has 2 rings (SSSR count). The van der Waals surface area contributed by atoms with Crippen molar-refractivity contribution in [1.82, 2.24) is 0 Å². The normalized spacial score (nSPS) is 11.6. The second-order valence-electron chi connectivity index (χ2n) is 7.34. The van der Waals surface area contributed by atoms with Crippen LogP contribution in [0.3, 0.4) is 0 Å². The van der Waals surface area contributed by atoms with Crippen LogP contribution in [0.15, 0.2) is 53.4 Å². The summed E-state index contributed by atoms with van der Waals surface area (Å²) in [6.07, 6.45) is 3.30. The summed E-state index contributed by atoms with van der Waals surface area (Å²) in [6, 6.07) is 13.9. The number of unbranched alkanes of at least 4 members (excludes halogenated alkanes) is 1. The van der Waals surface area contributed by atoms with Crippen molar-refractivity contribution < 1.29 is 13.2 Å². The molecule has 4 nitrogen and oxygen atoms in total. The van der Waals surface area contributed by atoms with Crippen LogP contribution in [-0.4, -0.2) is 14.3 Å². The van der Waals surface area contributed by atoms with Gasteiger partial charge in [-0.25, -0.2) is 12.7 Å². The average Bonchev–Trinajstić information content (AvgIpc) is 2.60. The molecule has 0 aliphatic carbocycles. The van der Waals surface area contributed by atoms with Crippen molar-refractivity contribution >= 4 is 21.6 Å². The van der Waals surface area contributed by atoms with Crippen LogP contribution in [0.1, 0.15) is 51.2 Å². The van der Waals surface area contributed by atoms with E-state index in [1.165, 1.54) is 0 Å². The van der Waals surface area contributed by atoms with Gasteiger partial charge in [-0.05, 0) is 55.5 Å². The first-order chi connectivity index (χ1) is 12.8. The average molecular weight is 388 g/mol. The summed E-state index contributed by atoms with van der Waals surface area (Å²) in [7, 11) is -3.96. The number of sulfonamides is 1. The quantitative estimate of drug-likeness (QED) is 0.633. The van der Waals surface area contributed by atoms with E-state index in [1.807, 2.05) is 32.9 Å². The van der Waals surface area contributed by atoms with Gasteiger partial charge in [0.25, 0.3) is 10.0 Å². The van der Waals surface area contributed by atoms with Gasteiger partial charge in [0, 0.05) is 6.42 Å². The number of nitrogens with zero attached hydrogens (tertiary/aromatic N) is 1. The molecule has 0 radical (unpaired) electrons. The molecule has 0 aliphatic heterocycles. The van der Waals surface area contributed by atoms with Crippen LogP contribution >= 0.6 is 0 Å². The largest absolute Gasteiger partial charge is 0.273 e. The highest BCUT2D eigenvalue weighted by atomic mass is 32.2. The van der Waals surface area contributed by atoms with Crippen LogP contribution in [0.2, 0.25) is 0 Å². The molecular formula is C22H29NO3S. The summed E-state index contributed by atoms with van der Waals surface area (Å²) in [5, 5.41) is 0. The van der Waals surface area contributed by atoms with Gasteiger partial charge in [0.05, 0.1) is 10.6 Å². The molecule has 0 saturated heterocycles. The van der Waals surface area contributed by atoms with E-state index in [0.29, 0.717) is 5.69 Å². The van der Waals surface area contributed by atoms with E-state index in [2.05, 4.69) is 6.92 Å². The first-order valence-corrected chi connectivity index (χ1v) is 10.9. The molecule has 0 bridgehead atoms. The molecule has 5 heteroatoms. The van der Waals surface area contributed by atoms with Gasteiger partial charge < -0.3 is 0 Å². The minimum absolute atomic E-state index is 0.0667. The van der Waals surface area contributed by atoms with Gasteiger partial charge in [-0.15, -0.1) is 0 Å². The summed E-state index contributed by atoms with van der Waals surface area (Å²) in [5.41, 5.74) is 2.50. The molecule has 146 valence electrons. The lowest BCUT2D eigenvalue weighted by Gasteiger charge is -2.24. The molecule has 0 aliphatic rings. The van der Waals surface area contributed by atoms with Crippen LogP contribution in [-0.2, 0) is 21.2 Å². The molecule has 2 aromatic carbocycles. The molecule has 27 heavy (non-hydrogen) atoms. The minimum Gasteiger partial charge on any atom is -0.273 e. The van der Waals surface area contributed by atoms with Gasteiger partial charge in [-0.1, -0.05) is 57.0 Å². The maximum atomic E-state index is 13.2. The van der Waals surface area contributed by atoms with Gasteiger partial charge >= 0.3 is 0 Å². The molecule has 0 fully saturated rings. The topological polar surface area (TPSA) is 54.5 Å². The molecule has 0 unspecified atom stereocenters. The van der Waals surface area contributed by atoms with Gasteiger partial charge in [-0.2, -0.15) is 0 Å². The van der Waals surface area contributed by atoms with Crippen molar-refractivity contribution in [1.29, 1.82) is 0 Å². The van der Waals surface area contributed by atoms with Crippen molar-refractivity contribution in [3.63, 3.8) is 0 Å². The zero-order chi connectivity index (χ0) is 20.0. The van der Waals surface area contributed by atoms with Crippen LogP contribution in [0.4, 0.5) is 5.69 Å². The van der Waals surface area contributed by atoms with Crippen LogP contribution < -0.4 is 4.31 Å². The third-order valence-electron chi connectivity index (χ3n) is 4.36. The number of amides is 1. The SMILES string of the molecule is CCCCc1ccc(N(C(=O)CC(C)C)S(=O)(=O)c2ccc(C)cc2)cc1. The van der Waals surface area contributed by atoms with E-state index < -0.39 is 15.9 Å². The van der Waals surface area contributed by atoms with Crippen LogP contribution in [0.5, 0.6) is 0 Å². The number of aryl methyl sites for hydroxylation is 2. The minimum atomic E-state index is -3.96.